The van der Waals surface area contributed by atoms with Crippen molar-refractivity contribution in [3.63, 3.8) is 0 Å². The van der Waals surface area contributed by atoms with Gasteiger partial charge in [0.1, 0.15) is 5.82 Å². The number of unbranched alkanes of at least 4 members (excludes halogenated alkanes) is 3. The molecule has 3 heterocycles. The van der Waals surface area contributed by atoms with Crippen LogP contribution in [-0.4, -0.2) is 103 Å². The second kappa shape index (κ2) is 15.0. The summed E-state index contributed by atoms with van der Waals surface area (Å²) in [6, 6.07) is 4.04. The largest absolute Gasteiger partial charge is 0.493 e. The van der Waals surface area contributed by atoms with Gasteiger partial charge < -0.3 is 29.5 Å². The van der Waals surface area contributed by atoms with Gasteiger partial charge in [-0.05, 0) is 51.8 Å². The van der Waals surface area contributed by atoms with E-state index in [2.05, 4.69) is 22.2 Å². The normalized spacial score (nSPS) is 16.9. The molecule has 2 saturated heterocycles. The first-order valence-electron chi connectivity index (χ1n) is 14.8. The van der Waals surface area contributed by atoms with Gasteiger partial charge in [-0.25, -0.2) is 10.5 Å². The van der Waals surface area contributed by atoms with Gasteiger partial charge in [0.05, 0.1) is 19.7 Å². The van der Waals surface area contributed by atoms with Crippen LogP contribution < -0.4 is 25.2 Å². The molecule has 0 aliphatic carbocycles. The summed E-state index contributed by atoms with van der Waals surface area (Å²) in [7, 11) is 5.40. The van der Waals surface area contributed by atoms with E-state index < -0.39 is 0 Å². The van der Waals surface area contributed by atoms with Gasteiger partial charge in [-0.15, -0.1) is 0 Å². The number of carbonyl (C=O) groups excluding carboxylic acids is 2. The number of hydrogen-bond donors (Lipinski definition) is 3. The second-order valence-corrected chi connectivity index (χ2v) is 11.0. The van der Waals surface area contributed by atoms with E-state index in [1.54, 1.807) is 19.7 Å². The highest BCUT2D eigenvalue weighted by Crippen LogP contribution is 2.36. The minimum Gasteiger partial charge on any atom is -0.493 e. The third-order valence-electron chi connectivity index (χ3n) is 8.05. The highest BCUT2D eigenvalue weighted by atomic mass is 16.5. The molecule has 2 amide bonds. The summed E-state index contributed by atoms with van der Waals surface area (Å²) in [6.45, 7) is 5.20. The molecule has 2 aromatic rings. The topological polar surface area (TPSA) is 132 Å². The maximum atomic E-state index is 12.8. The Morgan fingerprint density at radius 2 is 1.63 bits per heavy atom. The van der Waals surface area contributed by atoms with Crippen molar-refractivity contribution in [3.05, 3.63) is 12.1 Å². The number of carbonyl (C=O) groups is 2. The van der Waals surface area contributed by atoms with E-state index in [0.717, 1.165) is 81.4 Å². The maximum absolute atomic E-state index is 12.8. The van der Waals surface area contributed by atoms with Crippen molar-refractivity contribution in [1.82, 2.24) is 25.2 Å². The molecule has 0 radical (unpaired) electrons. The molecule has 12 nitrogen and oxygen atoms in total. The molecule has 4 rings (SSSR count). The van der Waals surface area contributed by atoms with Crippen molar-refractivity contribution < 1.29 is 24.3 Å². The Hall–Kier alpha value is -3.38. The monoisotopic (exact) mass is 571 g/mol. The zero-order valence-corrected chi connectivity index (χ0v) is 24.7. The van der Waals surface area contributed by atoms with Gasteiger partial charge in [-0.3, -0.25) is 14.8 Å². The Labute approximate surface area is 242 Å². The quantitative estimate of drug-likeness (QED) is 0.198. The molecule has 0 unspecified atom stereocenters. The number of anilines is 2. The van der Waals surface area contributed by atoms with Crippen molar-refractivity contribution in [2.24, 2.45) is 0 Å². The van der Waals surface area contributed by atoms with Crippen LogP contribution in [0, 0.1) is 0 Å². The van der Waals surface area contributed by atoms with Crippen LogP contribution in [0.15, 0.2) is 12.1 Å². The van der Waals surface area contributed by atoms with Crippen LogP contribution in [-0.2, 0) is 9.59 Å². The summed E-state index contributed by atoms with van der Waals surface area (Å²) in [5.74, 6) is 2.59. The molecular weight excluding hydrogens is 526 g/mol. The number of likely N-dealkylation sites (N-methyl/N-ethyl adjacent to an activating group) is 1. The fourth-order valence-corrected chi connectivity index (χ4v) is 5.54. The summed E-state index contributed by atoms with van der Waals surface area (Å²) >= 11 is 0. The van der Waals surface area contributed by atoms with Gasteiger partial charge >= 0.3 is 0 Å². The van der Waals surface area contributed by atoms with E-state index in [0.29, 0.717) is 49.8 Å². The van der Waals surface area contributed by atoms with Crippen molar-refractivity contribution in [1.29, 1.82) is 0 Å². The zero-order valence-electron chi connectivity index (χ0n) is 24.7. The Morgan fingerprint density at radius 3 is 2.34 bits per heavy atom. The number of hydroxylamine groups is 1. The fraction of sp³-hybridized carbons (Fsp3) is 0.655. The number of methoxy groups -OCH3 is 2. The first kappa shape index (κ1) is 30.6. The predicted molar refractivity (Wildman–Crippen MR) is 158 cm³/mol. The molecule has 2 aliphatic heterocycles. The number of benzene rings is 1. The standard InChI is InChI=1S/C29H45N7O5/c1-34-13-8-14-36(18-17-34)29-31-23-20-25(41-3)24(40-2)19-22(23)28(32-29)30-21-11-15-35(16-12-21)27(38)10-7-5-4-6-9-26(37)33-39/h19-21,39H,4-18H2,1-3H3,(H,33,37)(H,30,31,32). The van der Waals surface area contributed by atoms with Crippen LogP contribution in [0.2, 0.25) is 0 Å². The summed E-state index contributed by atoms with van der Waals surface area (Å²) in [5, 5.41) is 13.1. The second-order valence-electron chi connectivity index (χ2n) is 11.0. The summed E-state index contributed by atoms with van der Waals surface area (Å²) in [6.07, 6.45) is 6.85. The van der Waals surface area contributed by atoms with Crippen molar-refractivity contribution in [3.8, 4) is 11.5 Å². The van der Waals surface area contributed by atoms with Gasteiger partial charge in [0.25, 0.3) is 0 Å². The molecule has 41 heavy (non-hydrogen) atoms. The summed E-state index contributed by atoms with van der Waals surface area (Å²) < 4.78 is 11.1. The lowest BCUT2D eigenvalue weighted by Crippen LogP contribution is -2.42. The van der Waals surface area contributed by atoms with E-state index in [1.165, 1.54) is 0 Å². The average Bonchev–Trinajstić information content (AvgIpc) is 3.22. The number of rotatable bonds is 12. The van der Waals surface area contributed by atoms with Crippen LogP contribution in [0.3, 0.4) is 0 Å². The smallest absolute Gasteiger partial charge is 0.243 e. The van der Waals surface area contributed by atoms with Gasteiger partial charge in [0.2, 0.25) is 17.8 Å². The van der Waals surface area contributed by atoms with E-state index in [9.17, 15) is 9.59 Å². The molecule has 0 bridgehead atoms. The number of nitrogens with zero attached hydrogens (tertiary/aromatic N) is 5. The molecule has 2 fully saturated rings. The first-order chi connectivity index (χ1) is 19.9. The predicted octanol–water partition coefficient (Wildman–Crippen LogP) is 3.04. The minimum absolute atomic E-state index is 0.186. The van der Waals surface area contributed by atoms with Gasteiger partial charge in [-0.1, -0.05) is 12.8 Å². The third-order valence-corrected chi connectivity index (χ3v) is 8.05. The molecule has 0 saturated carbocycles. The zero-order chi connectivity index (χ0) is 29.2. The number of nitrogens with one attached hydrogen (secondary N) is 2. The lowest BCUT2D eigenvalue weighted by molar-refractivity contribution is -0.132. The van der Waals surface area contributed by atoms with E-state index in [-0.39, 0.29) is 17.9 Å². The van der Waals surface area contributed by atoms with E-state index >= 15 is 0 Å². The Balaban J connectivity index is 1.39. The number of amides is 2. The van der Waals surface area contributed by atoms with Crippen LogP contribution in [0.1, 0.15) is 57.8 Å². The molecule has 0 spiro atoms. The number of piperidine rings is 1. The molecule has 2 aliphatic rings. The van der Waals surface area contributed by atoms with E-state index in [4.69, 9.17) is 24.6 Å². The SMILES string of the molecule is COc1cc2nc(N3CCCN(C)CC3)nc(NC3CCN(C(=O)CCCCCCC(=O)NO)CC3)c2cc1OC. The van der Waals surface area contributed by atoms with Gasteiger partial charge in [0.15, 0.2) is 11.5 Å². The molecule has 226 valence electrons. The van der Waals surface area contributed by atoms with Crippen LogP contribution in [0.25, 0.3) is 10.9 Å². The lowest BCUT2D eigenvalue weighted by atomic mass is 10.0. The number of hydrogen-bond acceptors (Lipinski definition) is 10. The third kappa shape index (κ3) is 8.32. The van der Waals surface area contributed by atoms with Crippen molar-refractivity contribution in [2.45, 2.75) is 63.8 Å². The average molecular weight is 572 g/mol. The first-order valence-corrected chi connectivity index (χ1v) is 14.8. The highest BCUT2D eigenvalue weighted by molar-refractivity contribution is 5.93. The minimum atomic E-state index is -0.364. The van der Waals surface area contributed by atoms with E-state index in [1.807, 2.05) is 17.0 Å². The number of aromatic nitrogens is 2. The number of likely N-dealkylation sites (tertiary alicyclic amines) is 1. The lowest BCUT2D eigenvalue weighted by Gasteiger charge is -2.33. The molecule has 1 aromatic carbocycles. The number of ether oxygens (including phenoxy) is 2. The molecule has 12 heteroatoms. The van der Waals surface area contributed by atoms with Crippen molar-refractivity contribution in [2.75, 3.05) is 70.8 Å². The Morgan fingerprint density at radius 1 is 0.927 bits per heavy atom. The van der Waals surface area contributed by atoms with Crippen LogP contribution >= 0.6 is 0 Å². The van der Waals surface area contributed by atoms with Gasteiger partial charge in [0, 0.05) is 63.1 Å². The van der Waals surface area contributed by atoms with Crippen LogP contribution in [0.4, 0.5) is 11.8 Å². The summed E-state index contributed by atoms with van der Waals surface area (Å²) in [4.78, 5) is 40.4. The Kier molecular flexibility index (Phi) is 11.2. The highest BCUT2D eigenvalue weighted by Gasteiger charge is 2.25. The molecule has 3 N–H and O–H groups in total. The number of fused-ring (bicyclic) bond motifs is 1. The van der Waals surface area contributed by atoms with Crippen LogP contribution in [0.5, 0.6) is 11.5 Å². The molecular formula is C29H45N7O5. The van der Waals surface area contributed by atoms with Gasteiger partial charge in [-0.2, -0.15) is 4.98 Å². The molecule has 0 atom stereocenters. The van der Waals surface area contributed by atoms with Crippen molar-refractivity contribution >= 4 is 34.5 Å². The maximum Gasteiger partial charge on any atom is 0.243 e. The molecule has 1 aromatic heterocycles. The fourth-order valence-electron chi connectivity index (χ4n) is 5.54. The summed E-state index contributed by atoms with van der Waals surface area (Å²) in [5.41, 5.74) is 2.45. The Bertz CT molecular complexity index is 1170.